The first-order valence-corrected chi connectivity index (χ1v) is 14.1. The van der Waals surface area contributed by atoms with Gasteiger partial charge in [0.15, 0.2) is 11.6 Å². The van der Waals surface area contributed by atoms with E-state index in [0.717, 1.165) is 5.56 Å². The number of hydrogen-bond acceptors (Lipinski definition) is 9. The number of carbonyl (C=O) groups is 4. The molecule has 0 aliphatic rings. The molecule has 3 aromatic heterocycles. The Bertz CT molecular complexity index is 1850. The SMILES string of the molecule is CC.Cc1cnc2c(c1)c(O)c(C(=O)CCC(=O)O)c(=O)n2C.Cn1c(=O)c(C(=O)CCC(=O)O)c(O)c2cccc(Br)c21. The number of carboxylic acids is 2. The van der Waals surface area contributed by atoms with Crippen LogP contribution in [0.15, 0.2) is 44.5 Å². The van der Waals surface area contributed by atoms with Gasteiger partial charge in [0.25, 0.3) is 11.1 Å². The number of hydrogen-bond donors (Lipinski definition) is 4. The molecule has 0 aliphatic carbocycles. The Labute approximate surface area is 259 Å². The van der Waals surface area contributed by atoms with Crippen molar-refractivity contribution in [2.45, 2.75) is 46.5 Å². The average molecular weight is 675 g/mol. The first kappa shape index (κ1) is 35.3. The fraction of sp³-hybridized carbons (Fsp3) is 0.300. The van der Waals surface area contributed by atoms with Crippen LogP contribution in [0.1, 0.15) is 65.8 Å². The Hall–Kier alpha value is -4.85. The molecule has 0 bridgehead atoms. The number of pyridine rings is 3. The summed E-state index contributed by atoms with van der Waals surface area (Å²) in [6.45, 7) is 5.77. The number of aromatic nitrogens is 3. The Morgan fingerprint density at radius 1 is 0.795 bits per heavy atom. The lowest BCUT2D eigenvalue weighted by Gasteiger charge is -2.12. The van der Waals surface area contributed by atoms with Crippen molar-refractivity contribution in [3.8, 4) is 11.5 Å². The number of aromatic hydroxyl groups is 2. The lowest BCUT2D eigenvalue weighted by atomic mass is 10.0. The van der Waals surface area contributed by atoms with Crippen LogP contribution in [0.5, 0.6) is 11.5 Å². The number of aliphatic carboxylic acids is 2. The second-order valence-corrected chi connectivity index (χ2v) is 10.2. The van der Waals surface area contributed by atoms with Gasteiger partial charge in [-0.15, -0.1) is 0 Å². The number of aryl methyl sites for hydroxylation is 3. The second kappa shape index (κ2) is 15.0. The van der Waals surface area contributed by atoms with E-state index in [1.165, 1.54) is 23.2 Å². The van der Waals surface area contributed by atoms with E-state index in [1.54, 1.807) is 37.4 Å². The summed E-state index contributed by atoms with van der Waals surface area (Å²) >= 11 is 3.29. The normalized spacial score (nSPS) is 10.4. The molecule has 0 spiro atoms. The number of Topliss-reactive ketones (excluding diaryl/α,β-unsaturated/α-hetero) is 2. The highest BCUT2D eigenvalue weighted by atomic mass is 79.9. The van der Waals surface area contributed by atoms with Gasteiger partial charge in [-0.05, 0) is 46.6 Å². The third kappa shape index (κ3) is 7.56. The van der Waals surface area contributed by atoms with E-state index in [4.69, 9.17) is 10.2 Å². The Balaban J connectivity index is 0.000000291. The van der Waals surface area contributed by atoms with Crippen molar-refractivity contribution >= 4 is 61.4 Å². The van der Waals surface area contributed by atoms with Gasteiger partial charge in [-0.25, -0.2) is 4.98 Å². The number of fused-ring (bicyclic) bond motifs is 2. The summed E-state index contributed by atoms with van der Waals surface area (Å²) in [6, 6.07) is 6.59. The van der Waals surface area contributed by atoms with Crippen LogP contribution in [0.4, 0.5) is 0 Å². The summed E-state index contributed by atoms with van der Waals surface area (Å²) in [5, 5.41) is 38.3. The first-order valence-electron chi connectivity index (χ1n) is 13.4. The maximum atomic E-state index is 12.3. The van der Waals surface area contributed by atoms with Crippen LogP contribution in [0.2, 0.25) is 0 Å². The number of carboxylic acid groups (broad SMARTS) is 2. The topological polar surface area (TPSA) is 206 Å². The fourth-order valence-corrected chi connectivity index (χ4v) is 4.88. The minimum Gasteiger partial charge on any atom is -0.506 e. The summed E-state index contributed by atoms with van der Waals surface area (Å²) in [7, 11) is 2.93. The van der Waals surface area contributed by atoms with E-state index in [-0.39, 0.29) is 29.4 Å². The van der Waals surface area contributed by atoms with Gasteiger partial charge in [0.1, 0.15) is 28.3 Å². The smallest absolute Gasteiger partial charge is 0.303 e. The van der Waals surface area contributed by atoms with Crippen molar-refractivity contribution < 1.29 is 39.6 Å². The van der Waals surface area contributed by atoms with E-state index in [1.807, 2.05) is 13.8 Å². The monoisotopic (exact) mass is 673 g/mol. The summed E-state index contributed by atoms with van der Waals surface area (Å²) in [5.41, 5.74) is -0.606. The number of para-hydroxylation sites is 1. The molecule has 0 amide bonds. The van der Waals surface area contributed by atoms with Crippen LogP contribution < -0.4 is 11.1 Å². The van der Waals surface area contributed by atoms with E-state index >= 15 is 0 Å². The van der Waals surface area contributed by atoms with Crippen molar-refractivity contribution in [3.63, 3.8) is 0 Å². The van der Waals surface area contributed by atoms with Crippen LogP contribution in [0.3, 0.4) is 0 Å². The number of benzene rings is 1. The minimum absolute atomic E-state index is 0.262. The highest BCUT2D eigenvalue weighted by molar-refractivity contribution is 9.10. The lowest BCUT2D eigenvalue weighted by molar-refractivity contribution is -0.137. The van der Waals surface area contributed by atoms with Crippen LogP contribution >= 0.6 is 15.9 Å². The molecule has 0 saturated heterocycles. The van der Waals surface area contributed by atoms with Crippen molar-refractivity contribution in [1.82, 2.24) is 14.1 Å². The van der Waals surface area contributed by atoms with E-state index in [0.29, 0.717) is 15.4 Å². The van der Waals surface area contributed by atoms with Gasteiger partial charge in [0.2, 0.25) is 0 Å². The molecule has 234 valence electrons. The summed E-state index contributed by atoms with van der Waals surface area (Å²) in [4.78, 5) is 73.6. The van der Waals surface area contributed by atoms with Crippen LogP contribution in [-0.4, -0.2) is 58.0 Å². The molecule has 0 aliphatic heterocycles. The molecular formula is C30H32BrN3O10. The predicted octanol–water partition coefficient (Wildman–Crippen LogP) is 4.08. The van der Waals surface area contributed by atoms with Crippen molar-refractivity contribution in [2.24, 2.45) is 14.1 Å². The zero-order chi connectivity index (χ0) is 33.5. The molecule has 14 heteroatoms. The van der Waals surface area contributed by atoms with E-state index in [2.05, 4.69) is 20.9 Å². The van der Waals surface area contributed by atoms with Crippen LogP contribution in [0.25, 0.3) is 21.9 Å². The Morgan fingerprint density at radius 2 is 1.27 bits per heavy atom. The van der Waals surface area contributed by atoms with Gasteiger partial charge < -0.3 is 25.0 Å². The fourth-order valence-electron chi connectivity index (χ4n) is 4.25. The quantitative estimate of drug-likeness (QED) is 0.196. The highest BCUT2D eigenvalue weighted by Crippen LogP contribution is 2.31. The molecular weight excluding hydrogens is 642 g/mol. The molecule has 13 nitrogen and oxygen atoms in total. The molecule has 44 heavy (non-hydrogen) atoms. The lowest BCUT2D eigenvalue weighted by Crippen LogP contribution is -2.25. The molecule has 0 radical (unpaired) electrons. The molecule has 1 aromatic carbocycles. The average Bonchev–Trinajstić information content (AvgIpc) is 2.98. The van der Waals surface area contributed by atoms with Gasteiger partial charge in [0.05, 0.1) is 23.7 Å². The Kier molecular flexibility index (Phi) is 12.1. The third-order valence-corrected chi connectivity index (χ3v) is 6.99. The van der Waals surface area contributed by atoms with Gasteiger partial charge >= 0.3 is 11.9 Å². The zero-order valence-corrected chi connectivity index (χ0v) is 26.3. The first-order chi connectivity index (χ1) is 20.7. The zero-order valence-electron chi connectivity index (χ0n) is 24.7. The second-order valence-electron chi connectivity index (χ2n) is 9.33. The molecule has 0 fully saturated rings. The van der Waals surface area contributed by atoms with Crippen LogP contribution in [0, 0.1) is 6.92 Å². The highest BCUT2D eigenvalue weighted by Gasteiger charge is 2.23. The summed E-state index contributed by atoms with van der Waals surface area (Å²) in [6.07, 6.45) is 0.0805. The molecule has 4 aromatic rings. The maximum Gasteiger partial charge on any atom is 0.303 e. The standard InChI is InChI=1S/C14H12BrNO5.C14H14N2O5.C2H6/c1-16-12-7(3-2-4-8(12)15)13(20)11(14(16)21)9(17)5-6-10(18)19;1-7-5-8-12(20)11(9(17)3-4-10(18)19)14(21)16(2)13(8)15-6-7;1-2/h2-4,20H,5-6H2,1H3,(H,18,19);5-6,20H,3-4H2,1-2H3,(H,18,19);1-2H3. The van der Waals surface area contributed by atoms with Gasteiger partial charge in [-0.3, -0.25) is 33.3 Å². The molecule has 0 atom stereocenters. The predicted molar refractivity (Wildman–Crippen MR) is 166 cm³/mol. The molecule has 0 unspecified atom stereocenters. The number of halogens is 1. The number of nitrogens with zero attached hydrogens (tertiary/aromatic N) is 3. The van der Waals surface area contributed by atoms with E-state index in [9.17, 15) is 39.0 Å². The van der Waals surface area contributed by atoms with Crippen molar-refractivity contribution in [3.05, 3.63) is 72.3 Å². The van der Waals surface area contributed by atoms with Gasteiger partial charge in [-0.1, -0.05) is 19.9 Å². The molecule has 4 N–H and O–H groups in total. The number of ketones is 2. The minimum atomic E-state index is -1.14. The Morgan fingerprint density at radius 3 is 1.77 bits per heavy atom. The molecule has 3 heterocycles. The van der Waals surface area contributed by atoms with Gasteiger partial charge in [-0.2, -0.15) is 0 Å². The largest absolute Gasteiger partial charge is 0.506 e. The number of rotatable bonds is 8. The number of carbonyl (C=O) groups excluding carboxylic acids is 2. The van der Waals surface area contributed by atoms with E-state index < -0.39 is 64.5 Å². The van der Waals surface area contributed by atoms with Crippen molar-refractivity contribution in [2.75, 3.05) is 0 Å². The van der Waals surface area contributed by atoms with Crippen molar-refractivity contribution in [1.29, 1.82) is 0 Å². The van der Waals surface area contributed by atoms with Crippen LogP contribution in [-0.2, 0) is 23.7 Å². The molecule has 4 rings (SSSR count). The summed E-state index contributed by atoms with van der Waals surface area (Å²) < 4.78 is 3.04. The maximum absolute atomic E-state index is 12.3. The molecule has 0 saturated carbocycles. The van der Waals surface area contributed by atoms with Gasteiger partial charge in [0, 0.05) is 43.0 Å². The summed E-state index contributed by atoms with van der Waals surface area (Å²) in [5.74, 6) is -4.51. The third-order valence-electron chi connectivity index (χ3n) is 6.35.